The lowest BCUT2D eigenvalue weighted by Gasteiger charge is -2.26. The van der Waals surface area contributed by atoms with Crippen LogP contribution in [0.15, 0.2) is 36.7 Å². The molecule has 1 atom stereocenters. The first-order valence-corrected chi connectivity index (χ1v) is 8.72. The molecule has 25 heavy (non-hydrogen) atoms. The van der Waals surface area contributed by atoms with Crippen LogP contribution < -0.4 is 10.2 Å². The van der Waals surface area contributed by atoms with E-state index in [1.54, 1.807) is 11.1 Å². The van der Waals surface area contributed by atoms with E-state index in [1.165, 1.54) is 5.56 Å². The van der Waals surface area contributed by atoms with Crippen molar-refractivity contribution in [3.05, 3.63) is 42.2 Å². The summed E-state index contributed by atoms with van der Waals surface area (Å²) in [6.07, 6.45) is 4.95. The summed E-state index contributed by atoms with van der Waals surface area (Å²) in [5, 5.41) is 12.9. The first-order chi connectivity index (χ1) is 12.0. The van der Waals surface area contributed by atoms with Gasteiger partial charge < -0.3 is 15.3 Å². The Morgan fingerprint density at radius 2 is 2.00 bits per heavy atom. The molecule has 1 aromatic heterocycles. The van der Waals surface area contributed by atoms with E-state index in [9.17, 15) is 9.90 Å². The van der Waals surface area contributed by atoms with E-state index in [0.29, 0.717) is 12.3 Å². The fourth-order valence-corrected chi connectivity index (χ4v) is 3.15. The van der Waals surface area contributed by atoms with Crippen molar-refractivity contribution in [2.24, 2.45) is 5.92 Å². The van der Waals surface area contributed by atoms with Crippen LogP contribution in [0.3, 0.4) is 0 Å². The third-order valence-corrected chi connectivity index (χ3v) is 4.85. The fourth-order valence-electron chi connectivity index (χ4n) is 3.15. The van der Waals surface area contributed by atoms with Crippen molar-refractivity contribution >= 4 is 17.3 Å². The van der Waals surface area contributed by atoms with Crippen molar-refractivity contribution in [3.8, 4) is 11.1 Å². The van der Waals surface area contributed by atoms with Crippen LogP contribution in [0, 0.1) is 5.92 Å². The summed E-state index contributed by atoms with van der Waals surface area (Å²) in [6, 6.07) is 8.23. The van der Waals surface area contributed by atoms with Gasteiger partial charge in [-0.25, -0.2) is 0 Å². The zero-order valence-corrected chi connectivity index (χ0v) is 15.0. The average molecular weight is 339 g/mol. The minimum absolute atomic E-state index is 0.000227. The van der Waals surface area contributed by atoms with Gasteiger partial charge in [-0.1, -0.05) is 19.9 Å². The summed E-state index contributed by atoms with van der Waals surface area (Å²) >= 11 is 0. The molecule has 1 aliphatic heterocycles. The first-order valence-electron chi connectivity index (χ1n) is 8.72. The Morgan fingerprint density at radius 3 is 2.72 bits per heavy atom. The molecule has 0 bridgehead atoms. The minimum atomic E-state index is 0.000227. The maximum Gasteiger partial charge on any atom is 0.227 e. The maximum absolute atomic E-state index is 11.8. The molecule has 5 nitrogen and oxygen atoms in total. The van der Waals surface area contributed by atoms with E-state index in [2.05, 4.69) is 36.3 Å². The largest absolute Gasteiger partial charge is 0.394 e. The zero-order chi connectivity index (χ0) is 18.0. The van der Waals surface area contributed by atoms with Gasteiger partial charge in [0.05, 0.1) is 18.3 Å². The second-order valence-corrected chi connectivity index (χ2v) is 6.94. The average Bonchev–Trinajstić information content (AvgIpc) is 2.62. The Kier molecular flexibility index (Phi) is 5.04. The Morgan fingerprint density at radius 1 is 1.20 bits per heavy atom. The molecule has 0 unspecified atom stereocenters. The molecule has 0 radical (unpaired) electrons. The van der Waals surface area contributed by atoms with Crippen molar-refractivity contribution in [2.75, 3.05) is 23.9 Å². The lowest BCUT2D eigenvalue weighted by molar-refractivity contribution is -0.118. The predicted molar refractivity (Wildman–Crippen MR) is 101 cm³/mol. The quantitative estimate of drug-likeness (QED) is 0.878. The van der Waals surface area contributed by atoms with Gasteiger partial charge in [0.1, 0.15) is 0 Å². The predicted octanol–water partition coefficient (Wildman–Crippen LogP) is 3.09. The monoisotopic (exact) mass is 339 g/mol. The molecular weight excluding hydrogens is 314 g/mol. The first kappa shape index (κ1) is 17.4. The number of hydrogen-bond donors (Lipinski definition) is 2. The maximum atomic E-state index is 11.8. The number of aliphatic hydroxyl groups excluding tert-OH is 1. The number of amides is 1. The summed E-state index contributed by atoms with van der Waals surface area (Å²) in [7, 11) is 1.83. The summed E-state index contributed by atoms with van der Waals surface area (Å²) in [5.41, 5.74) is 5.18. The fraction of sp³-hybridized carbons (Fsp3) is 0.400. The topological polar surface area (TPSA) is 65.5 Å². The molecule has 1 aromatic carbocycles. The third-order valence-electron chi connectivity index (χ3n) is 4.85. The number of aromatic nitrogens is 1. The van der Waals surface area contributed by atoms with Crippen molar-refractivity contribution in [1.29, 1.82) is 0 Å². The molecule has 3 rings (SSSR count). The van der Waals surface area contributed by atoms with Crippen LogP contribution in [0.1, 0.15) is 25.8 Å². The Balaban J connectivity index is 1.88. The molecule has 0 saturated heterocycles. The lowest BCUT2D eigenvalue weighted by atomic mass is 9.96. The number of pyridine rings is 1. The highest BCUT2D eigenvalue weighted by Crippen LogP contribution is 2.32. The van der Waals surface area contributed by atoms with Gasteiger partial charge in [-0.3, -0.25) is 9.78 Å². The molecule has 2 N–H and O–H groups in total. The number of hydrogen-bond acceptors (Lipinski definition) is 4. The Bertz CT molecular complexity index is 773. The molecule has 0 fully saturated rings. The van der Waals surface area contributed by atoms with Gasteiger partial charge in [-0.15, -0.1) is 0 Å². The van der Waals surface area contributed by atoms with Gasteiger partial charge in [-0.05, 0) is 41.7 Å². The second-order valence-electron chi connectivity index (χ2n) is 6.94. The zero-order valence-electron chi connectivity index (χ0n) is 15.0. The molecule has 0 saturated carbocycles. The Labute approximate surface area is 148 Å². The highest BCUT2D eigenvalue weighted by molar-refractivity contribution is 5.96. The highest BCUT2D eigenvalue weighted by atomic mass is 16.3. The molecule has 1 amide bonds. The molecule has 2 heterocycles. The minimum Gasteiger partial charge on any atom is -0.394 e. The van der Waals surface area contributed by atoms with E-state index >= 15 is 0 Å². The highest BCUT2D eigenvalue weighted by Gasteiger charge is 2.21. The number of anilines is 2. The number of rotatable bonds is 5. The van der Waals surface area contributed by atoms with Crippen LogP contribution in [0.4, 0.5) is 11.4 Å². The molecule has 1 aliphatic rings. The van der Waals surface area contributed by atoms with Gasteiger partial charge in [0.15, 0.2) is 0 Å². The smallest absolute Gasteiger partial charge is 0.227 e. The third kappa shape index (κ3) is 3.66. The second kappa shape index (κ2) is 7.23. The van der Waals surface area contributed by atoms with Gasteiger partial charge in [0.25, 0.3) is 0 Å². The van der Waals surface area contributed by atoms with Crippen LogP contribution in [-0.2, 0) is 11.2 Å². The molecule has 0 aliphatic carbocycles. The molecule has 2 aromatic rings. The number of benzene rings is 1. The SMILES string of the molecule is CC(C)[C@H](CO)Nc1cncc(-c2ccc3c(c2)CCC(=O)N3C)c1. The van der Waals surface area contributed by atoms with Gasteiger partial charge in [-0.2, -0.15) is 0 Å². The number of nitrogens with one attached hydrogen (secondary N) is 1. The van der Waals surface area contributed by atoms with Crippen LogP contribution in [-0.4, -0.2) is 35.7 Å². The summed E-state index contributed by atoms with van der Waals surface area (Å²) in [5.74, 6) is 0.488. The molecule has 5 heteroatoms. The normalized spacial score (nSPS) is 15.2. The van der Waals surface area contributed by atoms with Crippen molar-refractivity contribution in [1.82, 2.24) is 4.98 Å². The van der Waals surface area contributed by atoms with Crippen molar-refractivity contribution < 1.29 is 9.90 Å². The Hall–Kier alpha value is -2.40. The number of aliphatic hydroxyl groups is 1. The van der Waals surface area contributed by atoms with E-state index in [0.717, 1.165) is 28.9 Å². The van der Waals surface area contributed by atoms with E-state index in [4.69, 9.17) is 0 Å². The van der Waals surface area contributed by atoms with Gasteiger partial charge >= 0.3 is 0 Å². The molecular formula is C20H25N3O2. The number of aryl methyl sites for hydroxylation is 1. The summed E-state index contributed by atoms with van der Waals surface area (Å²) in [6.45, 7) is 4.24. The number of carbonyl (C=O) groups excluding carboxylic acids is 1. The summed E-state index contributed by atoms with van der Waals surface area (Å²) < 4.78 is 0. The molecule has 0 spiro atoms. The summed E-state index contributed by atoms with van der Waals surface area (Å²) in [4.78, 5) is 17.9. The standard InChI is InChI=1S/C20H25N3O2/c1-13(2)18(12-24)22-17-9-16(10-21-11-17)14-4-6-19-15(8-14)5-7-20(25)23(19)3/h4,6,8-11,13,18,22,24H,5,7,12H2,1-3H3/t18-/m0/s1. The van der Waals surface area contributed by atoms with Gasteiger partial charge in [0.2, 0.25) is 5.91 Å². The van der Waals surface area contributed by atoms with Gasteiger partial charge in [0, 0.05) is 37.1 Å². The lowest BCUT2D eigenvalue weighted by Crippen LogP contribution is -2.31. The van der Waals surface area contributed by atoms with Crippen LogP contribution in [0.2, 0.25) is 0 Å². The number of carbonyl (C=O) groups is 1. The van der Waals surface area contributed by atoms with Crippen LogP contribution >= 0.6 is 0 Å². The van der Waals surface area contributed by atoms with E-state index < -0.39 is 0 Å². The van der Waals surface area contributed by atoms with Crippen molar-refractivity contribution in [2.45, 2.75) is 32.7 Å². The number of fused-ring (bicyclic) bond motifs is 1. The van der Waals surface area contributed by atoms with Crippen LogP contribution in [0.25, 0.3) is 11.1 Å². The molecule has 132 valence electrons. The van der Waals surface area contributed by atoms with E-state index in [-0.39, 0.29) is 18.6 Å². The number of nitrogens with zero attached hydrogens (tertiary/aromatic N) is 2. The van der Waals surface area contributed by atoms with Crippen molar-refractivity contribution in [3.63, 3.8) is 0 Å². The van der Waals surface area contributed by atoms with Crippen LogP contribution in [0.5, 0.6) is 0 Å². The van der Waals surface area contributed by atoms with E-state index in [1.807, 2.05) is 25.4 Å².